The number of carbonyl (C=O) groups excluding carboxylic acids is 2. The molecule has 0 bridgehead atoms. The minimum Gasteiger partial charge on any atom is -0.480 e. The molecule has 6 heteroatoms. The van der Waals surface area contributed by atoms with E-state index in [1.165, 1.54) is 0 Å². The fourth-order valence-corrected chi connectivity index (χ4v) is 4.30. The summed E-state index contributed by atoms with van der Waals surface area (Å²) in [4.78, 5) is 27.5. The number of piperidine rings is 1. The van der Waals surface area contributed by atoms with Crippen LogP contribution in [-0.4, -0.2) is 35.4 Å². The molecule has 2 aromatic carbocycles. The zero-order valence-corrected chi connectivity index (χ0v) is 17.2. The molecule has 2 aliphatic rings. The van der Waals surface area contributed by atoms with Gasteiger partial charge in [0.15, 0.2) is 6.10 Å². The van der Waals surface area contributed by atoms with E-state index in [0.29, 0.717) is 24.2 Å². The van der Waals surface area contributed by atoms with Gasteiger partial charge >= 0.3 is 0 Å². The number of para-hydroxylation sites is 1. The lowest BCUT2D eigenvalue weighted by atomic mass is 9.77. The van der Waals surface area contributed by atoms with Gasteiger partial charge < -0.3 is 15.0 Å². The maximum atomic E-state index is 13.1. The van der Waals surface area contributed by atoms with Crippen LogP contribution in [0, 0.1) is 16.7 Å². The van der Waals surface area contributed by atoms with E-state index < -0.39 is 12.1 Å². The van der Waals surface area contributed by atoms with Crippen molar-refractivity contribution in [2.24, 2.45) is 5.41 Å². The maximum absolute atomic E-state index is 13.1. The van der Waals surface area contributed by atoms with Crippen molar-refractivity contribution in [3.8, 4) is 11.8 Å². The highest BCUT2D eigenvalue weighted by molar-refractivity contribution is 5.99. The van der Waals surface area contributed by atoms with Crippen LogP contribution in [0.4, 0.5) is 5.69 Å². The summed E-state index contributed by atoms with van der Waals surface area (Å²) in [5, 5.41) is 12.5. The zero-order valence-electron chi connectivity index (χ0n) is 17.2. The molecule has 0 radical (unpaired) electrons. The third-order valence-electron chi connectivity index (χ3n) is 5.97. The molecule has 2 aliphatic heterocycles. The first kappa shape index (κ1) is 20.0. The van der Waals surface area contributed by atoms with Crippen LogP contribution >= 0.6 is 0 Å². The molecule has 2 aromatic rings. The number of fused-ring (bicyclic) bond motifs is 1. The van der Waals surface area contributed by atoms with E-state index in [2.05, 4.69) is 11.4 Å². The summed E-state index contributed by atoms with van der Waals surface area (Å²) in [5.41, 5.74) is 1.76. The number of hydrogen-bond acceptors (Lipinski definition) is 4. The first-order valence-electron chi connectivity index (χ1n) is 10.2. The molecule has 2 atom stereocenters. The van der Waals surface area contributed by atoms with Crippen molar-refractivity contribution in [3.05, 3.63) is 59.7 Å². The second-order valence-corrected chi connectivity index (χ2v) is 8.61. The van der Waals surface area contributed by atoms with Crippen LogP contribution in [0.25, 0.3) is 0 Å². The van der Waals surface area contributed by atoms with Crippen LogP contribution < -0.4 is 10.1 Å². The van der Waals surface area contributed by atoms with Crippen molar-refractivity contribution in [2.45, 2.75) is 45.3 Å². The molecule has 1 N–H and O–H groups in total. The van der Waals surface area contributed by atoms with Gasteiger partial charge in [-0.25, -0.2) is 0 Å². The molecule has 0 aliphatic carbocycles. The van der Waals surface area contributed by atoms with Gasteiger partial charge in [0.2, 0.25) is 0 Å². The number of nitriles is 1. The maximum Gasteiger partial charge on any atom is 0.265 e. The summed E-state index contributed by atoms with van der Waals surface area (Å²) in [6.45, 7) is 4.61. The Bertz CT molecular complexity index is 999. The third-order valence-corrected chi connectivity index (χ3v) is 5.97. The van der Waals surface area contributed by atoms with Gasteiger partial charge in [-0.15, -0.1) is 0 Å². The number of ether oxygens (including phenoxy) is 1. The van der Waals surface area contributed by atoms with Gasteiger partial charge in [0.25, 0.3) is 11.8 Å². The Morgan fingerprint density at radius 3 is 2.77 bits per heavy atom. The van der Waals surface area contributed by atoms with Gasteiger partial charge in [0.05, 0.1) is 6.07 Å². The van der Waals surface area contributed by atoms with Crippen molar-refractivity contribution in [1.29, 1.82) is 5.26 Å². The molecule has 6 nitrogen and oxygen atoms in total. The van der Waals surface area contributed by atoms with E-state index >= 15 is 0 Å². The van der Waals surface area contributed by atoms with Gasteiger partial charge in [-0.2, -0.15) is 5.26 Å². The molecule has 0 unspecified atom stereocenters. The minimum absolute atomic E-state index is 0.185. The summed E-state index contributed by atoms with van der Waals surface area (Å²) in [7, 11) is 0. The highest BCUT2D eigenvalue weighted by Gasteiger charge is 2.40. The summed E-state index contributed by atoms with van der Waals surface area (Å²) in [6.07, 6.45) is 1.71. The molecular weight excluding hydrogens is 378 g/mol. The summed E-state index contributed by atoms with van der Waals surface area (Å²) >= 11 is 0. The van der Waals surface area contributed by atoms with Gasteiger partial charge in [0, 0.05) is 24.2 Å². The average Bonchev–Trinajstić information content (AvgIpc) is 3.17. The van der Waals surface area contributed by atoms with Crippen LogP contribution in [0.2, 0.25) is 0 Å². The molecule has 0 aromatic heterocycles. The number of anilines is 1. The van der Waals surface area contributed by atoms with Crippen molar-refractivity contribution in [2.75, 3.05) is 11.9 Å². The van der Waals surface area contributed by atoms with E-state index in [9.17, 15) is 14.9 Å². The Labute approximate surface area is 176 Å². The minimum atomic E-state index is -0.590. The van der Waals surface area contributed by atoms with Gasteiger partial charge in [-0.05, 0) is 48.1 Å². The second kappa shape index (κ2) is 7.83. The standard InChI is InChI=1S/C24H25N3O3/c1-24(2)11-6-12-27(21(24)15-25)23(29)17-8-5-9-18(13-17)26-22(28)20-14-16-7-3-4-10-19(16)30-20/h3-5,7-10,13,20-21H,6,11-12,14H2,1-2H3,(H,26,28)/t20-,21+/m1/s1. The number of likely N-dealkylation sites (tertiary alicyclic amines) is 1. The van der Waals surface area contributed by atoms with Crippen molar-refractivity contribution in [3.63, 3.8) is 0 Å². The summed E-state index contributed by atoms with van der Waals surface area (Å²) < 4.78 is 5.74. The van der Waals surface area contributed by atoms with Crippen LogP contribution in [0.3, 0.4) is 0 Å². The van der Waals surface area contributed by atoms with Gasteiger partial charge in [-0.1, -0.05) is 38.1 Å². The molecular formula is C24H25N3O3. The molecule has 0 spiro atoms. The fraction of sp³-hybridized carbons (Fsp3) is 0.375. The lowest BCUT2D eigenvalue weighted by Gasteiger charge is -2.42. The predicted octanol–water partition coefficient (Wildman–Crippen LogP) is 3.78. The molecule has 1 fully saturated rings. The molecule has 1 saturated heterocycles. The Kier molecular flexibility index (Phi) is 5.21. The van der Waals surface area contributed by atoms with Crippen molar-refractivity contribution < 1.29 is 14.3 Å². The topological polar surface area (TPSA) is 82.4 Å². The number of nitrogens with one attached hydrogen (secondary N) is 1. The fourth-order valence-electron chi connectivity index (χ4n) is 4.30. The van der Waals surface area contributed by atoms with E-state index in [1.54, 1.807) is 29.2 Å². The van der Waals surface area contributed by atoms with Crippen LogP contribution in [0.5, 0.6) is 5.75 Å². The monoisotopic (exact) mass is 403 g/mol. The first-order valence-corrected chi connectivity index (χ1v) is 10.2. The van der Waals surface area contributed by atoms with E-state index in [1.807, 2.05) is 38.1 Å². The zero-order chi connectivity index (χ0) is 21.3. The second-order valence-electron chi connectivity index (χ2n) is 8.61. The first-order chi connectivity index (χ1) is 14.4. The Morgan fingerprint density at radius 2 is 2.00 bits per heavy atom. The molecule has 30 heavy (non-hydrogen) atoms. The van der Waals surface area contributed by atoms with Crippen molar-refractivity contribution >= 4 is 17.5 Å². The van der Waals surface area contributed by atoms with Crippen LogP contribution in [0.15, 0.2) is 48.5 Å². The molecule has 154 valence electrons. The number of amides is 2. The smallest absolute Gasteiger partial charge is 0.265 e. The lowest BCUT2D eigenvalue weighted by molar-refractivity contribution is -0.122. The Morgan fingerprint density at radius 1 is 1.20 bits per heavy atom. The predicted molar refractivity (Wildman–Crippen MR) is 113 cm³/mol. The molecule has 2 amide bonds. The number of hydrogen-bond donors (Lipinski definition) is 1. The SMILES string of the molecule is CC1(C)CCCN(C(=O)c2cccc(NC(=O)[C@H]3Cc4ccccc4O3)c2)[C@H]1C#N. The van der Waals surface area contributed by atoms with Crippen LogP contribution in [-0.2, 0) is 11.2 Å². The average molecular weight is 403 g/mol. The van der Waals surface area contributed by atoms with E-state index in [4.69, 9.17) is 4.74 Å². The molecule has 2 heterocycles. The number of carbonyl (C=O) groups is 2. The number of nitrogens with zero attached hydrogens (tertiary/aromatic N) is 2. The quantitative estimate of drug-likeness (QED) is 0.845. The third kappa shape index (κ3) is 3.76. The van der Waals surface area contributed by atoms with Gasteiger partial charge in [-0.3, -0.25) is 9.59 Å². The molecule has 4 rings (SSSR count). The van der Waals surface area contributed by atoms with E-state index in [-0.39, 0.29) is 17.2 Å². The lowest BCUT2D eigenvalue weighted by Crippen LogP contribution is -2.51. The summed E-state index contributed by atoms with van der Waals surface area (Å²) in [5.74, 6) is 0.302. The Hall–Kier alpha value is -3.33. The number of rotatable bonds is 3. The highest BCUT2D eigenvalue weighted by Crippen LogP contribution is 2.35. The van der Waals surface area contributed by atoms with Gasteiger partial charge in [0.1, 0.15) is 11.8 Å². The molecule has 0 saturated carbocycles. The Balaban J connectivity index is 1.47. The summed E-state index contributed by atoms with van der Waals surface area (Å²) in [6, 6.07) is 16.3. The van der Waals surface area contributed by atoms with E-state index in [0.717, 1.165) is 24.2 Å². The normalized spacial score (nSPS) is 21.8. The van der Waals surface area contributed by atoms with Crippen LogP contribution in [0.1, 0.15) is 42.6 Å². The number of benzene rings is 2. The van der Waals surface area contributed by atoms with Crippen molar-refractivity contribution in [1.82, 2.24) is 4.90 Å². The highest BCUT2D eigenvalue weighted by atomic mass is 16.5. The largest absolute Gasteiger partial charge is 0.480 e.